The van der Waals surface area contributed by atoms with E-state index < -0.39 is 0 Å². The second-order valence-electron chi connectivity index (χ2n) is 8.17. The number of aliphatic hydroxyl groups is 1. The maximum atomic E-state index is 10.6. The fourth-order valence-electron chi connectivity index (χ4n) is 4.81. The highest BCUT2D eigenvalue weighted by molar-refractivity contribution is 5.29. The van der Waals surface area contributed by atoms with Crippen LogP contribution in [0.15, 0.2) is 36.5 Å². The molecule has 26 heavy (non-hydrogen) atoms. The monoisotopic (exact) mass is 354 g/mol. The predicted octanol–water partition coefficient (Wildman–Crippen LogP) is 3.42. The summed E-state index contributed by atoms with van der Waals surface area (Å²) in [6, 6.07) is 10.6. The van der Waals surface area contributed by atoms with E-state index in [9.17, 15) is 5.11 Å². The summed E-state index contributed by atoms with van der Waals surface area (Å²) >= 11 is 0. The van der Waals surface area contributed by atoms with E-state index in [4.69, 9.17) is 0 Å². The van der Waals surface area contributed by atoms with Gasteiger partial charge in [0.15, 0.2) is 0 Å². The summed E-state index contributed by atoms with van der Waals surface area (Å²) in [7, 11) is 0. The maximum absolute atomic E-state index is 10.6. The molecular weight excluding hydrogens is 324 g/mol. The second-order valence-corrected chi connectivity index (χ2v) is 8.17. The van der Waals surface area contributed by atoms with E-state index >= 15 is 0 Å². The van der Waals surface area contributed by atoms with E-state index in [0.29, 0.717) is 12.0 Å². The summed E-state index contributed by atoms with van der Waals surface area (Å²) in [5.41, 5.74) is 2.05. The van der Waals surface area contributed by atoms with Crippen LogP contribution in [0.25, 0.3) is 5.69 Å². The predicted molar refractivity (Wildman–Crippen MR) is 102 cm³/mol. The van der Waals surface area contributed by atoms with Gasteiger partial charge in [-0.15, -0.1) is 5.10 Å². The van der Waals surface area contributed by atoms with Gasteiger partial charge in [0.1, 0.15) is 0 Å². The smallest absolute Gasteiger partial charge is 0.0971 e. The number of likely N-dealkylation sites (tertiary alicyclic amines) is 1. The van der Waals surface area contributed by atoms with Gasteiger partial charge in [0.2, 0.25) is 0 Å². The molecule has 0 amide bonds. The number of hydrogen-bond donors (Lipinski definition) is 1. The number of piperidine rings is 1. The highest BCUT2D eigenvalue weighted by atomic mass is 16.3. The van der Waals surface area contributed by atoms with Crippen LogP contribution < -0.4 is 0 Å². The standard InChI is InChI=1S/C21H30N4O/c1-16-10-11-21(26)19(13-16)20-9-5-6-12-24(20)14-17-15-25(23-22-17)18-7-3-2-4-8-18/h2-4,7-8,15-16,19-21,26H,5-6,9-14H2,1H3. The molecule has 1 aliphatic heterocycles. The molecule has 0 radical (unpaired) electrons. The topological polar surface area (TPSA) is 54.2 Å². The molecule has 5 nitrogen and oxygen atoms in total. The summed E-state index contributed by atoms with van der Waals surface area (Å²) in [4.78, 5) is 2.55. The Morgan fingerprint density at radius 3 is 2.81 bits per heavy atom. The Morgan fingerprint density at radius 1 is 1.12 bits per heavy atom. The molecule has 1 saturated carbocycles. The average molecular weight is 354 g/mol. The molecule has 2 fully saturated rings. The summed E-state index contributed by atoms with van der Waals surface area (Å²) in [6.07, 6.45) is 8.88. The van der Waals surface area contributed by atoms with Crippen LogP contribution in [0, 0.1) is 11.8 Å². The van der Waals surface area contributed by atoms with E-state index in [1.54, 1.807) is 0 Å². The number of para-hydroxylation sites is 1. The van der Waals surface area contributed by atoms with E-state index in [1.165, 1.54) is 19.3 Å². The summed E-state index contributed by atoms with van der Waals surface area (Å²) in [6.45, 7) is 4.26. The number of aliphatic hydroxyl groups excluding tert-OH is 1. The minimum Gasteiger partial charge on any atom is -0.393 e. The Kier molecular flexibility index (Phi) is 5.36. The first-order chi connectivity index (χ1) is 12.7. The zero-order valence-corrected chi connectivity index (χ0v) is 15.7. The van der Waals surface area contributed by atoms with Gasteiger partial charge in [0, 0.05) is 18.5 Å². The number of aromatic nitrogens is 3. The quantitative estimate of drug-likeness (QED) is 0.914. The molecular formula is C21H30N4O. The van der Waals surface area contributed by atoms with Gasteiger partial charge in [0.25, 0.3) is 0 Å². The number of hydrogen-bond acceptors (Lipinski definition) is 4. The van der Waals surface area contributed by atoms with Gasteiger partial charge in [-0.05, 0) is 56.7 Å². The molecule has 1 N–H and O–H groups in total. The molecule has 2 aliphatic rings. The van der Waals surface area contributed by atoms with Gasteiger partial charge in [-0.3, -0.25) is 4.90 Å². The Hall–Kier alpha value is -1.72. The maximum Gasteiger partial charge on any atom is 0.0971 e. The molecule has 1 aromatic carbocycles. The van der Waals surface area contributed by atoms with Crippen LogP contribution in [0.5, 0.6) is 0 Å². The number of nitrogens with zero attached hydrogens (tertiary/aromatic N) is 4. The molecule has 5 heteroatoms. The van der Waals surface area contributed by atoms with Crippen LogP contribution in [-0.4, -0.2) is 43.7 Å². The third-order valence-corrected chi connectivity index (χ3v) is 6.21. The number of rotatable bonds is 4. The van der Waals surface area contributed by atoms with Crippen LogP contribution in [0.3, 0.4) is 0 Å². The molecule has 4 rings (SSSR count). The molecule has 2 aromatic rings. The lowest BCUT2D eigenvalue weighted by Gasteiger charge is -2.44. The highest BCUT2D eigenvalue weighted by Gasteiger charge is 2.37. The third-order valence-electron chi connectivity index (χ3n) is 6.21. The Balaban J connectivity index is 1.48. The van der Waals surface area contributed by atoms with Crippen molar-refractivity contribution in [2.45, 2.75) is 64.1 Å². The zero-order chi connectivity index (χ0) is 17.9. The van der Waals surface area contributed by atoms with Crippen molar-refractivity contribution in [2.75, 3.05) is 6.54 Å². The zero-order valence-electron chi connectivity index (χ0n) is 15.7. The normalized spacial score (nSPS) is 30.4. The van der Waals surface area contributed by atoms with Crippen LogP contribution in [0.2, 0.25) is 0 Å². The van der Waals surface area contributed by atoms with E-state index in [-0.39, 0.29) is 6.10 Å². The van der Waals surface area contributed by atoms with Gasteiger partial charge in [-0.1, -0.05) is 36.8 Å². The molecule has 1 aromatic heterocycles. The first-order valence-corrected chi connectivity index (χ1v) is 10.1. The molecule has 4 unspecified atom stereocenters. The van der Waals surface area contributed by atoms with E-state index in [1.807, 2.05) is 41.2 Å². The molecule has 1 saturated heterocycles. The van der Waals surface area contributed by atoms with Crippen molar-refractivity contribution >= 4 is 0 Å². The Bertz CT molecular complexity index is 701. The largest absolute Gasteiger partial charge is 0.393 e. The first-order valence-electron chi connectivity index (χ1n) is 10.1. The molecule has 140 valence electrons. The molecule has 0 bridgehead atoms. The molecule has 4 atom stereocenters. The summed E-state index contributed by atoms with van der Waals surface area (Å²) in [5, 5.41) is 19.3. The van der Waals surface area contributed by atoms with Crippen LogP contribution >= 0.6 is 0 Å². The van der Waals surface area contributed by atoms with Gasteiger partial charge < -0.3 is 5.11 Å². The van der Waals surface area contributed by atoms with Crippen molar-refractivity contribution in [1.82, 2.24) is 19.9 Å². The third kappa shape index (κ3) is 3.84. The van der Waals surface area contributed by atoms with Crippen molar-refractivity contribution in [2.24, 2.45) is 11.8 Å². The summed E-state index contributed by atoms with van der Waals surface area (Å²) < 4.78 is 1.85. The highest BCUT2D eigenvalue weighted by Crippen LogP contribution is 2.37. The van der Waals surface area contributed by atoms with Crippen LogP contribution in [0.1, 0.15) is 51.1 Å². The minimum absolute atomic E-state index is 0.142. The van der Waals surface area contributed by atoms with Crippen molar-refractivity contribution in [3.8, 4) is 5.69 Å². The Morgan fingerprint density at radius 2 is 1.96 bits per heavy atom. The van der Waals surface area contributed by atoms with E-state index in [0.717, 1.165) is 49.7 Å². The number of benzene rings is 1. The van der Waals surface area contributed by atoms with E-state index in [2.05, 4.69) is 22.1 Å². The van der Waals surface area contributed by atoms with Crippen molar-refractivity contribution in [3.05, 3.63) is 42.2 Å². The van der Waals surface area contributed by atoms with Crippen molar-refractivity contribution in [1.29, 1.82) is 0 Å². The second kappa shape index (κ2) is 7.89. The van der Waals surface area contributed by atoms with Crippen LogP contribution in [0.4, 0.5) is 0 Å². The lowest BCUT2D eigenvalue weighted by Crippen LogP contribution is -2.49. The molecule has 2 heterocycles. The fourth-order valence-corrected chi connectivity index (χ4v) is 4.81. The minimum atomic E-state index is -0.142. The Labute approximate surface area is 156 Å². The summed E-state index contributed by atoms with van der Waals surface area (Å²) in [5.74, 6) is 1.13. The SMILES string of the molecule is CC1CCC(O)C(C2CCCCN2Cc2cn(-c3ccccc3)nn2)C1. The van der Waals surface area contributed by atoms with Gasteiger partial charge >= 0.3 is 0 Å². The van der Waals surface area contributed by atoms with Gasteiger partial charge in [-0.2, -0.15) is 0 Å². The van der Waals surface area contributed by atoms with Gasteiger partial charge in [-0.25, -0.2) is 4.68 Å². The van der Waals surface area contributed by atoms with Crippen molar-refractivity contribution < 1.29 is 5.11 Å². The molecule has 1 aliphatic carbocycles. The lowest BCUT2D eigenvalue weighted by molar-refractivity contribution is -0.0207. The van der Waals surface area contributed by atoms with Crippen LogP contribution in [-0.2, 0) is 6.54 Å². The average Bonchev–Trinajstić information content (AvgIpc) is 3.14. The molecule has 0 spiro atoms. The lowest BCUT2D eigenvalue weighted by atomic mass is 9.74. The fraction of sp³-hybridized carbons (Fsp3) is 0.619. The van der Waals surface area contributed by atoms with Crippen molar-refractivity contribution in [3.63, 3.8) is 0 Å². The van der Waals surface area contributed by atoms with Gasteiger partial charge in [0.05, 0.1) is 23.7 Å². The first kappa shape index (κ1) is 17.7.